The van der Waals surface area contributed by atoms with Crippen LogP contribution in [0.5, 0.6) is 0 Å². The third-order valence-electron chi connectivity index (χ3n) is 2.04. The van der Waals surface area contributed by atoms with Crippen molar-refractivity contribution in [2.45, 2.75) is 0 Å². The van der Waals surface area contributed by atoms with Gasteiger partial charge in [0, 0.05) is 6.07 Å². The summed E-state index contributed by atoms with van der Waals surface area (Å²) in [5.74, 6) is -0.900. The van der Waals surface area contributed by atoms with Crippen LogP contribution >= 0.6 is 11.6 Å². The molecule has 2 aromatic rings. The second-order valence-corrected chi connectivity index (χ2v) is 3.53. The number of hydrogen-bond donors (Lipinski definition) is 2. The van der Waals surface area contributed by atoms with Gasteiger partial charge in [-0.1, -0.05) is 23.7 Å². The van der Waals surface area contributed by atoms with Gasteiger partial charge in [0.2, 0.25) is 0 Å². The number of hydrogen-bond acceptors (Lipinski definition) is 3. The van der Waals surface area contributed by atoms with Crippen LogP contribution in [0, 0.1) is 0 Å². The minimum absolute atomic E-state index is 0.114. The van der Waals surface area contributed by atoms with Crippen molar-refractivity contribution in [1.29, 1.82) is 0 Å². The van der Waals surface area contributed by atoms with Crippen LogP contribution in [0.4, 0.5) is 5.82 Å². The van der Waals surface area contributed by atoms with Crippen LogP contribution in [-0.4, -0.2) is 20.9 Å². The molecule has 2 rings (SSSR count). The van der Waals surface area contributed by atoms with Crippen molar-refractivity contribution in [2.75, 3.05) is 5.73 Å². The SMILES string of the molecule is Nc1cc(C(=O)O)nn1-c1ccccc1Cl. The predicted molar refractivity (Wildman–Crippen MR) is 59.9 cm³/mol. The Labute approximate surface area is 96.1 Å². The van der Waals surface area contributed by atoms with Crippen LogP contribution in [0.25, 0.3) is 5.69 Å². The minimum atomic E-state index is -1.13. The second-order valence-electron chi connectivity index (χ2n) is 3.12. The van der Waals surface area contributed by atoms with Crippen molar-refractivity contribution in [3.8, 4) is 5.69 Å². The Bertz CT molecular complexity index is 551. The zero-order valence-electron chi connectivity index (χ0n) is 8.09. The van der Waals surface area contributed by atoms with Gasteiger partial charge < -0.3 is 10.8 Å². The summed E-state index contributed by atoms with van der Waals surface area (Å²) < 4.78 is 1.30. The van der Waals surface area contributed by atoms with Gasteiger partial charge in [0.15, 0.2) is 5.69 Å². The van der Waals surface area contributed by atoms with Gasteiger partial charge >= 0.3 is 5.97 Å². The Kier molecular flexibility index (Phi) is 2.54. The Morgan fingerprint density at radius 2 is 2.12 bits per heavy atom. The van der Waals surface area contributed by atoms with E-state index >= 15 is 0 Å². The van der Waals surface area contributed by atoms with Crippen molar-refractivity contribution in [1.82, 2.24) is 9.78 Å². The molecule has 0 bridgehead atoms. The van der Waals surface area contributed by atoms with Crippen molar-refractivity contribution in [2.24, 2.45) is 0 Å². The molecule has 5 nitrogen and oxygen atoms in total. The predicted octanol–water partition coefficient (Wildman–Crippen LogP) is 1.81. The van der Waals surface area contributed by atoms with Gasteiger partial charge in [0.05, 0.1) is 10.7 Å². The van der Waals surface area contributed by atoms with Gasteiger partial charge in [-0.05, 0) is 12.1 Å². The van der Waals surface area contributed by atoms with Crippen LogP contribution in [0.2, 0.25) is 5.02 Å². The molecular formula is C10H8ClN3O2. The number of aromatic nitrogens is 2. The standard InChI is InChI=1S/C10H8ClN3O2/c11-6-3-1-2-4-8(6)14-9(12)5-7(13-14)10(15)16/h1-5H,12H2,(H,15,16). The second kappa shape index (κ2) is 3.86. The van der Waals surface area contributed by atoms with E-state index in [0.29, 0.717) is 10.7 Å². The van der Waals surface area contributed by atoms with E-state index in [2.05, 4.69) is 5.10 Å². The number of aromatic carboxylic acids is 1. The van der Waals surface area contributed by atoms with Crippen LogP contribution in [0.15, 0.2) is 30.3 Å². The number of anilines is 1. The quantitative estimate of drug-likeness (QED) is 0.835. The summed E-state index contributed by atoms with van der Waals surface area (Å²) in [5.41, 5.74) is 6.10. The number of nitrogens with zero attached hydrogens (tertiary/aromatic N) is 2. The molecule has 82 valence electrons. The smallest absolute Gasteiger partial charge is 0.356 e. The van der Waals surface area contributed by atoms with Gasteiger partial charge in [-0.3, -0.25) is 0 Å². The maximum Gasteiger partial charge on any atom is 0.356 e. The van der Waals surface area contributed by atoms with E-state index in [1.165, 1.54) is 10.7 Å². The lowest BCUT2D eigenvalue weighted by atomic mass is 10.3. The normalized spacial score (nSPS) is 10.3. The monoisotopic (exact) mass is 237 g/mol. The molecule has 3 N–H and O–H groups in total. The molecule has 0 saturated heterocycles. The summed E-state index contributed by atoms with van der Waals surface area (Å²) in [5, 5.41) is 13.1. The Morgan fingerprint density at radius 3 is 2.69 bits per heavy atom. The minimum Gasteiger partial charge on any atom is -0.476 e. The Morgan fingerprint density at radius 1 is 1.44 bits per heavy atom. The summed E-state index contributed by atoms with van der Waals surface area (Å²) in [6, 6.07) is 8.20. The first kappa shape index (κ1) is 10.5. The summed E-state index contributed by atoms with van der Waals surface area (Å²) in [6.07, 6.45) is 0. The average Bonchev–Trinajstić information content (AvgIpc) is 2.61. The Balaban J connectivity index is 2.57. The first-order valence-corrected chi connectivity index (χ1v) is 4.81. The fourth-order valence-electron chi connectivity index (χ4n) is 1.32. The first-order chi connectivity index (χ1) is 7.59. The van der Waals surface area contributed by atoms with Crippen LogP contribution < -0.4 is 5.73 Å². The molecule has 0 saturated carbocycles. The van der Waals surface area contributed by atoms with Crippen molar-refractivity contribution >= 4 is 23.4 Å². The molecule has 1 aromatic heterocycles. The van der Waals surface area contributed by atoms with Crippen molar-refractivity contribution in [3.05, 3.63) is 41.0 Å². The lowest BCUT2D eigenvalue weighted by Crippen LogP contribution is -2.03. The molecule has 1 heterocycles. The number of para-hydroxylation sites is 1. The zero-order valence-corrected chi connectivity index (χ0v) is 8.85. The number of halogens is 1. The molecule has 16 heavy (non-hydrogen) atoms. The fraction of sp³-hybridized carbons (Fsp3) is 0. The molecule has 1 aromatic carbocycles. The molecule has 0 atom stereocenters. The molecule has 0 amide bonds. The highest BCUT2D eigenvalue weighted by Gasteiger charge is 2.13. The number of benzene rings is 1. The van der Waals surface area contributed by atoms with E-state index in [1.54, 1.807) is 24.3 Å². The summed E-state index contributed by atoms with van der Waals surface area (Å²) in [7, 11) is 0. The molecule has 0 aliphatic heterocycles. The van der Waals surface area contributed by atoms with E-state index < -0.39 is 5.97 Å². The van der Waals surface area contributed by atoms with Gasteiger partial charge in [-0.2, -0.15) is 5.10 Å². The van der Waals surface area contributed by atoms with E-state index in [1.807, 2.05) is 0 Å². The summed E-state index contributed by atoms with van der Waals surface area (Å²) >= 11 is 5.96. The third kappa shape index (κ3) is 1.72. The number of carboxylic acids is 1. The summed E-state index contributed by atoms with van der Waals surface area (Å²) in [6.45, 7) is 0. The highest BCUT2D eigenvalue weighted by molar-refractivity contribution is 6.32. The number of nitrogen functional groups attached to an aromatic ring is 1. The lowest BCUT2D eigenvalue weighted by Gasteiger charge is -2.05. The van der Waals surface area contributed by atoms with Gasteiger partial charge in [-0.15, -0.1) is 0 Å². The maximum atomic E-state index is 10.7. The molecule has 6 heteroatoms. The first-order valence-electron chi connectivity index (χ1n) is 4.43. The third-order valence-corrected chi connectivity index (χ3v) is 2.36. The molecule has 0 fully saturated rings. The topological polar surface area (TPSA) is 81.1 Å². The molecular weight excluding hydrogens is 230 g/mol. The van der Waals surface area contributed by atoms with E-state index in [-0.39, 0.29) is 11.5 Å². The van der Waals surface area contributed by atoms with Gasteiger partial charge in [-0.25, -0.2) is 9.48 Å². The van der Waals surface area contributed by atoms with Crippen LogP contribution in [0.3, 0.4) is 0 Å². The highest BCUT2D eigenvalue weighted by atomic mass is 35.5. The van der Waals surface area contributed by atoms with E-state index in [0.717, 1.165) is 0 Å². The van der Waals surface area contributed by atoms with Crippen molar-refractivity contribution < 1.29 is 9.90 Å². The lowest BCUT2D eigenvalue weighted by molar-refractivity contribution is 0.0690. The molecule has 0 aliphatic carbocycles. The number of carbonyl (C=O) groups is 1. The van der Waals surface area contributed by atoms with Crippen molar-refractivity contribution in [3.63, 3.8) is 0 Å². The van der Waals surface area contributed by atoms with Crippen LogP contribution in [-0.2, 0) is 0 Å². The molecule has 0 spiro atoms. The van der Waals surface area contributed by atoms with Gasteiger partial charge in [0.25, 0.3) is 0 Å². The zero-order chi connectivity index (χ0) is 11.7. The number of rotatable bonds is 2. The molecule has 0 aliphatic rings. The highest BCUT2D eigenvalue weighted by Crippen LogP contribution is 2.22. The van der Waals surface area contributed by atoms with Gasteiger partial charge in [0.1, 0.15) is 5.82 Å². The largest absolute Gasteiger partial charge is 0.476 e. The molecule has 0 unspecified atom stereocenters. The van der Waals surface area contributed by atoms with E-state index in [4.69, 9.17) is 22.4 Å². The number of carboxylic acid groups (broad SMARTS) is 1. The van der Waals surface area contributed by atoms with Crippen LogP contribution in [0.1, 0.15) is 10.5 Å². The maximum absolute atomic E-state index is 10.7. The van der Waals surface area contributed by atoms with E-state index in [9.17, 15) is 4.79 Å². The fourth-order valence-corrected chi connectivity index (χ4v) is 1.53. The molecule has 0 radical (unpaired) electrons. The Hall–Kier alpha value is -2.01. The summed E-state index contributed by atoms with van der Waals surface area (Å²) in [4.78, 5) is 10.7. The average molecular weight is 238 g/mol. The number of nitrogens with two attached hydrogens (primary N) is 1.